The highest BCUT2D eigenvalue weighted by molar-refractivity contribution is 14.1. The molecule has 1 unspecified atom stereocenters. The second-order valence-electron chi connectivity index (χ2n) is 2.26. The van der Waals surface area contributed by atoms with E-state index in [0.29, 0.717) is 0 Å². The number of aliphatic hydroxyl groups excluding tert-OH is 1. The van der Waals surface area contributed by atoms with Crippen LogP contribution in [0.25, 0.3) is 0 Å². The van der Waals surface area contributed by atoms with E-state index in [-0.39, 0.29) is 0 Å². The van der Waals surface area contributed by atoms with Gasteiger partial charge in [-0.05, 0) is 40.8 Å². The van der Waals surface area contributed by atoms with Gasteiger partial charge in [0.1, 0.15) is 0 Å². The van der Waals surface area contributed by atoms with Crippen LogP contribution in [-0.2, 0) is 0 Å². The van der Waals surface area contributed by atoms with Crippen molar-refractivity contribution in [3.63, 3.8) is 0 Å². The molecule has 0 saturated carbocycles. The van der Waals surface area contributed by atoms with E-state index >= 15 is 0 Å². The zero-order valence-corrected chi connectivity index (χ0v) is 8.52. The van der Waals surface area contributed by atoms with Gasteiger partial charge in [0.25, 0.3) is 0 Å². The summed E-state index contributed by atoms with van der Waals surface area (Å²) in [7, 11) is 0. The number of hydrogen-bond acceptors (Lipinski definition) is 3. The van der Waals surface area contributed by atoms with Gasteiger partial charge in [-0.1, -0.05) is 11.8 Å². The molecule has 0 saturated heterocycles. The maximum atomic E-state index is 9.19. The number of anilines is 1. The fraction of sp³-hybridized carbons (Fsp3) is 0.143. The van der Waals surface area contributed by atoms with Crippen molar-refractivity contribution in [1.29, 1.82) is 0 Å². The highest BCUT2D eigenvalue weighted by Gasteiger charge is 2.18. The molecule has 0 fully saturated rings. The Balaban J connectivity index is 2.43. The predicted octanol–water partition coefficient (Wildman–Crippen LogP) is 2.08. The Morgan fingerprint density at radius 2 is 2.36 bits per heavy atom. The minimum Gasteiger partial charge on any atom is -0.364 e. The monoisotopic (exact) mass is 279 g/mol. The first-order valence-electron chi connectivity index (χ1n) is 3.16. The number of benzene rings is 1. The average molecular weight is 279 g/mol. The summed E-state index contributed by atoms with van der Waals surface area (Å²) in [5.74, 6) is 0. The molecule has 0 aromatic heterocycles. The van der Waals surface area contributed by atoms with Crippen LogP contribution in [0, 0.1) is 3.57 Å². The van der Waals surface area contributed by atoms with Gasteiger partial charge in [0.2, 0.25) is 0 Å². The molecule has 1 aliphatic rings. The summed E-state index contributed by atoms with van der Waals surface area (Å²) in [6.07, 6.45) is 0. The molecule has 2 N–H and O–H groups in total. The largest absolute Gasteiger partial charge is 0.364 e. The topological polar surface area (TPSA) is 32.3 Å². The summed E-state index contributed by atoms with van der Waals surface area (Å²) in [5, 5.41) is 12.1. The second-order valence-corrected chi connectivity index (χ2v) is 4.62. The molecule has 0 amide bonds. The van der Waals surface area contributed by atoms with E-state index in [1.165, 1.54) is 15.3 Å². The maximum Gasteiger partial charge on any atom is 0.178 e. The summed E-state index contributed by atoms with van der Waals surface area (Å²) in [5.41, 5.74) is 0.561. The van der Waals surface area contributed by atoms with Crippen molar-refractivity contribution in [2.24, 2.45) is 0 Å². The number of rotatable bonds is 0. The molecule has 1 heterocycles. The smallest absolute Gasteiger partial charge is 0.178 e. The maximum absolute atomic E-state index is 9.19. The molecule has 0 bridgehead atoms. The molecule has 0 radical (unpaired) electrons. The summed E-state index contributed by atoms with van der Waals surface area (Å²) in [4.78, 5) is 1.13. The van der Waals surface area contributed by atoms with Gasteiger partial charge in [0.15, 0.2) is 5.56 Å². The number of aliphatic hydroxyl groups is 1. The van der Waals surface area contributed by atoms with E-state index in [4.69, 9.17) is 0 Å². The highest BCUT2D eigenvalue weighted by Crippen LogP contribution is 2.37. The Kier molecular flexibility index (Phi) is 1.98. The Labute approximate surface area is 82.5 Å². The third-order valence-electron chi connectivity index (χ3n) is 1.46. The zero-order valence-electron chi connectivity index (χ0n) is 5.54. The van der Waals surface area contributed by atoms with Gasteiger partial charge in [0.05, 0.1) is 5.69 Å². The third-order valence-corrected chi connectivity index (χ3v) is 3.07. The Bertz CT molecular complexity index is 292. The van der Waals surface area contributed by atoms with Gasteiger partial charge >= 0.3 is 0 Å². The standard InChI is InChI=1S/C7H6INOS/c8-4-1-2-5-6(3-4)11-7(10)9-5/h1-3,7,9-10H. The molecule has 1 aromatic carbocycles. The Hall–Kier alpha value is 0.0600. The molecular formula is C7H6INOS. The lowest BCUT2D eigenvalue weighted by atomic mass is 10.3. The lowest BCUT2D eigenvalue weighted by Crippen LogP contribution is -2.06. The van der Waals surface area contributed by atoms with Crippen LogP contribution in [0.1, 0.15) is 0 Å². The van der Waals surface area contributed by atoms with Crippen molar-refractivity contribution < 1.29 is 5.11 Å². The van der Waals surface area contributed by atoms with E-state index in [2.05, 4.69) is 34.0 Å². The summed E-state index contributed by atoms with van der Waals surface area (Å²) < 4.78 is 1.20. The Morgan fingerprint density at radius 3 is 3.18 bits per heavy atom. The summed E-state index contributed by atoms with van der Waals surface area (Å²) in [6.45, 7) is 0. The molecule has 2 nitrogen and oxygen atoms in total. The average Bonchev–Trinajstić information content (AvgIpc) is 2.27. The SMILES string of the molecule is OC1Nc2ccc(I)cc2S1. The third kappa shape index (κ3) is 1.47. The number of thioether (sulfide) groups is 1. The van der Waals surface area contributed by atoms with Crippen LogP contribution in [0.2, 0.25) is 0 Å². The minimum atomic E-state index is -0.469. The molecule has 1 atom stereocenters. The molecule has 4 heteroatoms. The van der Waals surface area contributed by atoms with Crippen molar-refractivity contribution >= 4 is 40.0 Å². The fourth-order valence-corrected chi connectivity index (χ4v) is 2.57. The summed E-state index contributed by atoms with van der Waals surface area (Å²) in [6, 6.07) is 6.06. The van der Waals surface area contributed by atoms with E-state index in [0.717, 1.165) is 10.6 Å². The summed E-state index contributed by atoms with van der Waals surface area (Å²) >= 11 is 3.70. The van der Waals surface area contributed by atoms with Crippen molar-refractivity contribution in [3.05, 3.63) is 21.8 Å². The van der Waals surface area contributed by atoms with Crippen LogP contribution in [-0.4, -0.2) is 10.7 Å². The van der Waals surface area contributed by atoms with Crippen LogP contribution in [0.15, 0.2) is 23.1 Å². The molecule has 1 aliphatic heterocycles. The van der Waals surface area contributed by atoms with E-state index in [1.807, 2.05) is 12.1 Å². The number of halogens is 1. The molecule has 2 rings (SSSR count). The first kappa shape index (κ1) is 7.70. The van der Waals surface area contributed by atoms with Gasteiger partial charge < -0.3 is 10.4 Å². The van der Waals surface area contributed by atoms with Gasteiger partial charge in [0, 0.05) is 8.47 Å². The van der Waals surface area contributed by atoms with Crippen LogP contribution in [0.5, 0.6) is 0 Å². The first-order valence-corrected chi connectivity index (χ1v) is 5.12. The first-order chi connectivity index (χ1) is 5.25. The molecule has 0 aliphatic carbocycles. The van der Waals surface area contributed by atoms with Crippen molar-refractivity contribution in [2.45, 2.75) is 10.5 Å². The predicted molar refractivity (Wildman–Crippen MR) is 54.6 cm³/mol. The van der Waals surface area contributed by atoms with Crippen LogP contribution in [0.4, 0.5) is 5.69 Å². The normalized spacial score (nSPS) is 21.1. The van der Waals surface area contributed by atoms with Crippen LogP contribution < -0.4 is 5.32 Å². The Morgan fingerprint density at radius 1 is 1.55 bits per heavy atom. The molecule has 0 spiro atoms. The second kappa shape index (κ2) is 2.84. The lowest BCUT2D eigenvalue weighted by molar-refractivity contribution is 0.294. The van der Waals surface area contributed by atoms with Crippen LogP contribution in [0.3, 0.4) is 0 Å². The van der Waals surface area contributed by atoms with Crippen LogP contribution >= 0.6 is 34.4 Å². The van der Waals surface area contributed by atoms with E-state index in [9.17, 15) is 5.11 Å². The fourth-order valence-electron chi connectivity index (χ4n) is 0.996. The van der Waals surface area contributed by atoms with Crippen molar-refractivity contribution in [1.82, 2.24) is 0 Å². The lowest BCUT2D eigenvalue weighted by Gasteiger charge is -1.98. The van der Waals surface area contributed by atoms with Gasteiger partial charge in [-0.25, -0.2) is 0 Å². The van der Waals surface area contributed by atoms with Gasteiger partial charge in [-0.15, -0.1) is 0 Å². The van der Waals surface area contributed by atoms with Gasteiger partial charge in [-0.2, -0.15) is 0 Å². The molecule has 58 valence electrons. The quantitative estimate of drug-likeness (QED) is 0.713. The number of fused-ring (bicyclic) bond motifs is 1. The van der Waals surface area contributed by atoms with Gasteiger partial charge in [-0.3, -0.25) is 0 Å². The molecule has 1 aromatic rings. The van der Waals surface area contributed by atoms with E-state index < -0.39 is 5.56 Å². The number of nitrogens with one attached hydrogen (secondary N) is 1. The van der Waals surface area contributed by atoms with Crippen molar-refractivity contribution in [2.75, 3.05) is 5.32 Å². The number of hydrogen-bond donors (Lipinski definition) is 2. The molecule has 11 heavy (non-hydrogen) atoms. The highest BCUT2D eigenvalue weighted by atomic mass is 127. The van der Waals surface area contributed by atoms with Crippen molar-refractivity contribution in [3.8, 4) is 0 Å². The van der Waals surface area contributed by atoms with E-state index in [1.54, 1.807) is 0 Å². The minimum absolute atomic E-state index is 0.469. The molecular weight excluding hydrogens is 273 g/mol. The zero-order chi connectivity index (χ0) is 7.84.